The van der Waals surface area contributed by atoms with Gasteiger partial charge in [-0.15, -0.1) is 0 Å². The minimum absolute atomic E-state index is 0.0704. The molecule has 1 aliphatic heterocycles. The topological polar surface area (TPSA) is 79.2 Å². The average molecular weight is 259 g/mol. The van der Waals surface area contributed by atoms with Gasteiger partial charge in [-0.25, -0.2) is 4.79 Å². The zero-order valence-electron chi connectivity index (χ0n) is 11.0. The maximum Gasteiger partial charge on any atom is 0.434 e. The van der Waals surface area contributed by atoms with Crippen LogP contribution >= 0.6 is 0 Å². The van der Waals surface area contributed by atoms with Gasteiger partial charge >= 0.3 is 6.09 Å². The summed E-state index contributed by atoms with van der Waals surface area (Å²) in [5, 5.41) is 19.7. The van der Waals surface area contributed by atoms with Crippen LogP contribution in [0.1, 0.15) is 27.2 Å². The van der Waals surface area contributed by atoms with Crippen molar-refractivity contribution >= 4 is 6.09 Å². The minimum atomic E-state index is -0.704. The molecule has 1 rings (SSSR count). The molecule has 1 heterocycles. The van der Waals surface area contributed by atoms with Gasteiger partial charge in [-0.1, -0.05) is 6.08 Å². The molecule has 1 saturated heterocycles. The number of hydrogen-bond donors (Lipinski definition) is 2. The van der Waals surface area contributed by atoms with Gasteiger partial charge in [-0.3, -0.25) is 4.84 Å². The Kier molecular flexibility index (Phi) is 5.13. The van der Waals surface area contributed by atoms with E-state index < -0.39 is 17.8 Å². The minimum Gasteiger partial charge on any atom is -0.442 e. The standard InChI is InChI=1S/C12H21NO5/c1-12(2,3)18-11(16)13-6-4-10(15)9(5-7-14)8-17-13/h5,10,14-15H,4,6-8H2,1-3H3/b9-5-. The van der Waals surface area contributed by atoms with Crippen molar-refractivity contribution in [3.63, 3.8) is 0 Å². The molecule has 0 aromatic carbocycles. The van der Waals surface area contributed by atoms with Crippen molar-refractivity contribution in [1.29, 1.82) is 0 Å². The molecule has 0 saturated carbocycles. The van der Waals surface area contributed by atoms with Gasteiger partial charge in [0.1, 0.15) is 5.60 Å². The number of hydroxylamine groups is 2. The quantitative estimate of drug-likeness (QED) is 0.682. The first kappa shape index (κ1) is 14.9. The second kappa shape index (κ2) is 6.17. The molecule has 6 nitrogen and oxygen atoms in total. The van der Waals surface area contributed by atoms with Crippen molar-refractivity contribution in [3.8, 4) is 0 Å². The molecular formula is C12H21NO5. The van der Waals surface area contributed by atoms with Crippen LogP contribution in [0.25, 0.3) is 0 Å². The van der Waals surface area contributed by atoms with Crippen molar-refractivity contribution in [2.75, 3.05) is 19.8 Å². The molecule has 2 N–H and O–H groups in total. The van der Waals surface area contributed by atoms with Crippen LogP contribution in [-0.2, 0) is 9.57 Å². The maximum absolute atomic E-state index is 11.8. The van der Waals surface area contributed by atoms with Gasteiger partial charge < -0.3 is 14.9 Å². The summed E-state index contributed by atoms with van der Waals surface area (Å²) in [6.45, 7) is 5.47. The lowest BCUT2D eigenvalue weighted by Crippen LogP contribution is -2.37. The number of ether oxygens (including phenoxy) is 1. The molecule has 0 bridgehead atoms. The smallest absolute Gasteiger partial charge is 0.434 e. The molecule has 18 heavy (non-hydrogen) atoms. The van der Waals surface area contributed by atoms with Gasteiger partial charge in [-0.05, 0) is 32.8 Å². The average Bonchev–Trinajstić information content (AvgIpc) is 2.40. The predicted octanol–water partition coefficient (Wildman–Crippen LogP) is 0.838. The Balaban J connectivity index is 2.61. The molecular weight excluding hydrogens is 238 g/mol. The van der Waals surface area contributed by atoms with E-state index in [0.717, 1.165) is 5.06 Å². The van der Waals surface area contributed by atoms with Crippen molar-refractivity contribution in [2.24, 2.45) is 0 Å². The summed E-state index contributed by atoms with van der Waals surface area (Å²) in [5.41, 5.74) is -0.0154. The molecule has 0 spiro atoms. The molecule has 1 fully saturated rings. The Morgan fingerprint density at radius 3 is 2.83 bits per heavy atom. The number of aliphatic hydroxyl groups excluding tert-OH is 2. The Labute approximate surface area is 107 Å². The first-order chi connectivity index (χ1) is 8.33. The van der Waals surface area contributed by atoms with E-state index in [-0.39, 0.29) is 19.8 Å². The van der Waals surface area contributed by atoms with Crippen molar-refractivity contribution in [2.45, 2.75) is 38.9 Å². The van der Waals surface area contributed by atoms with Gasteiger partial charge in [0.2, 0.25) is 0 Å². The number of carbonyl (C=O) groups is 1. The highest BCUT2D eigenvalue weighted by molar-refractivity contribution is 5.66. The van der Waals surface area contributed by atoms with Crippen LogP contribution in [0.3, 0.4) is 0 Å². The highest BCUT2D eigenvalue weighted by Gasteiger charge is 2.27. The van der Waals surface area contributed by atoms with Gasteiger partial charge in [0.25, 0.3) is 0 Å². The number of amides is 1. The lowest BCUT2D eigenvalue weighted by molar-refractivity contribution is -0.135. The van der Waals surface area contributed by atoms with Gasteiger partial charge in [0, 0.05) is 0 Å². The van der Waals surface area contributed by atoms with E-state index in [0.29, 0.717) is 12.0 Å². The first-order valence-corrected chi connectivity index (χ1v) is 5.95. The first-order valence-electron chi connectivity index (χ1n) is 5.95. The summed E-state index contributed by atoms with van der Waals surface area (Å²) in [6, 6.07) is 0. The van der Waals surface area contributed by atoms with E-state index in [4.69, 9.17) is 14.7 Å². The van der Waals surface area contributed by atoms with Crippen molar-refractivity contribution in [1.82, 2.24) is 5.06 Å². The second-order valence-corrected chi connectivity index (χ2v) is 5.12. The van der Waals surface area contributed by atoms with E-state index in [1.165, 1.54) is 6.08 Å². The summed E-state index contributed by atoms with van der Waals surface area (Å²) in [5.74, 6) is 0. The molecule has 0 aromatic rings. The number of hydrogen-bond acceptors (Lipinski definition) is 5. The van der Waals surface area contributed by atoms with Crippen LogP contribution in [0.4, 0.5) is 4.79 Å². The Hall–Kier alpha value is -1.11. The fraction of sp³-hybridized carbons (Fsp3) is 0.750. The lowest BCUT2D eigenvalue weighted by atomic mass is 10.1. The molecule has 104 valence electrons. The summed E-state index contributed by atoms with van der Waals surface area (Å²) < 4.78 is 5.17. The number of rotatable bonds is 1. The van der Waals surface area contributed by atoms with E-state index in [9.17, 15) is 9.90 Å². The fourth-order valence-electron chi connectivity index (χ4n) is 1.51. The molecule has 0 radical (unpaired) electrons. The zero-order chi connectivity index (χ0) is 13.8. The van der Waals surface area contributed by atoms with Crippen LogP contribution in [-0.4, -0.2) is 52.8 Å². The maximum atomic E-state index is 11.8. The lowest BCUT2D eigenvalue weighted by Gasteiger charge is -2.25. The largest absolute Gasteiger partial charge is 0.442 e. The summed E-state index contributed by atoms with van der Waals surface area (Å²) in [7, 11) is 0. The number of nitrogens with zero attached hydrogens (tertiary/aromatic N) is 1. The molecule has 0 aromatic heterocycles. The molecule has 6 heteroatoms. The van der Waals surface area contributed by atoms with E-state index in [1.807, 2.05) is 0 Å². The number of aliphatic hydroxyl groups is 2. The molecule has 1 amide bonds. The fourth-order valence-corrected chi connectivity index (χ4v) is 1.51. The van der Waals surface area contributed by atoms with E-state index in [1.54, 1.807) is 20.8 Å². The number of carbonyl (C=O) groups excluding carboxylic acids is 1. The van der Waals surface area contributed by atoms with Gasteiger partial charge in [0.15, 0.2) is 0 Å². The third-order valence-corrected chi connectivity index (χ3v) is 2.37. The molecule has 0 aliphatic carbocycles. The van der Waals surface area contributed by atoms with Gasteiger partial charge in [0.05, 0.1) is 25.9 Å². The van der Waals surface area contributed by atoms with E-state index >= 15 is 0 Å². The molecule has 1 aliphatic rings. The molecule has 1 atom stereocenters. The normalized spacial score (nSPS) is 23.9. The van der Waals surface area contributed by atoms with Crippen LogP contribution < -0.4 is 0 Å². The van der Waals surface area contributed by atoms with E-state index in [2.05, 4.69) is 0 Å². The molecule has 1 unspecified atom stereocenters. The zero-order valence-corrected chi connectivity index (χ0v) is 11.0. The van der Waals surface area contributed by atoms with Gasteiger partial charge in [-0.2, -0.15) is 5.06 Å². The third kappa shape index (κ3) is 4.64. The third-order valence-electron chi connectivity index (χ3n) is 2.37. The van der Waals surface area contributed by atoms with Crippen molar-refractivity contribution < 1.29 is 24.6 Å². The summed E-state index contributed by atoms with van der Waals surface area (Å²) >= 11 is 0. The second-order valence-electron chi connectivity index (χ2n) is 5.12. The summed E-state index contributed by atoms with van der Waals surface area (Å²) in [6.07, 6.45) is 0.568. The SMILES string of the molecule is CC(C)(C)OC(=O)N1CCC(O)/C(=C\CO)CO1. The highest BCUT2D eigenvalue weighted by atomic mass is 16.7. The highest BCUT2D eigenvalue weighted by Crippen LogP contribution is 2.17. The van der Waals surface area contributed by atoms with Crippen LogP contribution in [0.15, 0.2) is 11.6 Å². The monoisotopic (exact) mass is 259 g/mol. The summed E-state index contributed by atoms with van der Waals surface area (Å²) in [4.78, 5) is 17.0. The van der Waals surface area contributed by atoms with Crippen LogP contribution in [0, 0.1) is 0 Å². The van der Waals surface area contributed by atoms with Crippen LogP contribution in [0.2, 0.25) is 0 Å². The Bertz CT molecular complexity index is 321. The Morgan fingerprint density at radius 1 is 1.61 bits per heavy atom. The van der Waals surface area contributed by atoms with Crippen LogP contribution in [0.5, 0.6) is 0 Å². The Morgan fingerprint density at radius 2 is 2.28 bits per heavy atom. The predicted molar refractivity (Wildman–Crippen MR) is 64.7 cm³/mol. The van der Waals surface area contributed by atoms with Crippen molar-refractivity contribution in [3.05, 3.63) is 11.6 Å².